The Hall–Kier alpha value is -2.40. The molecule has 0 saturated carbocycles. The van der Waals surface area contributed by atoms with Gasteiger partial charge in [0.15, 0.2) is 0 Å². The third-order valence-electron chi connectivity index (χ3n) is 4.04. The summed E-state index contributed by atoms with van der Waals surface area (Å²) in [6.45, 7) is 0. The number of halogens is 1. The number of hydrogen-bond donors (Lipinski definition) is 1. The lowest BCUT2D eigenvalue weighted by atomic mass is 9.94. The quantitative estimate of drug-likeness (QED) is 0.941. The lowest BCUT2D eigenvalue weighted by Gasteiger charge is -2.24. The highest BCUT2D eigenvalue weighted by Crippen LogP contribution is 2.37. The van der Waals surface area contributed by atoms with Crippen LogP contribution >= 0.6 is 11.6 Å². The summed E-state index contributed by atoms with van der Waals surface area (Å²) in [7, 11) is 1.71. The van der Waals surface area contributed by atoms with Crippen LogP contribution in [-0.2, 0) is 9.59 Å². The van der Waals surface area contributed by atoms with Gasteiger partial charge in [0.1, 0.15) is 0 Å². The zero-order chi connectivity index (χ0) is 16.4. The van der Waals surface area contributed by atoms with E-state index in [0.717, 1.165) is 5.56 Å². The van der Waals surface area contributed by atoms with Gasteiger partial charge in [0, 0.05) is 36.6 Å². The molecule has 1 aliphatic rings. The van der Waals surface area contributed by atoms with E-state index in [9.17, 15) is 9.59 Å². The van der Waals surface area contributed by atoms with Gasteiger partial charge in [-0.15, -0.1) is 0 Å². The highest BCUT2D eigenvalue weighted by atomic mass is 35.5. The molecule has 6 heteroatoms. The first kappa shape index (κ1) is 15.5. The number of nitrogens with zero attached hydrogens (tertiary/aromatic N) is 2. The summed E-state index contributed by atoms with van der Waals surface area (Å²) in [5, 5.41) is 3.39. The van der Waals surface area contributed by atoms with Crippen molar-refractivity contribution in [3.63, 3.8) is 0 Å². The van der Waals surface area contributed by atoms with Gasteiger partial charge in [0.2, 0.25) is 11.8 Å². The topological polar surface area (TPSA) is 62.3 Å². The Kier molecular flexibility index (Phi) is 4.30. The first-order valence-corrected chi connectivity index (χ1v) is 7.66. The summed E-state index contributed by atoms with van der Waals surface area (Å²) >= 11 is 5.94. The van der Waals surface area contributed by atoms with E-state index in [1.165, 1.54) is 0 Å². The predicted octanol–water partition coefficient (Wildman–Crippen LogP) is 2.89. The number of amides is 2. The van der Waals surface area contributed by atoms with Crippen LogP contribution in [0.3, 0.4) is 0 Å². The molecule has 3 rings (SSSR count). The van der Waals surface area contributed by atoms with Crippen molar-refractivity contribution >= 4 is 29.1 Å². The number of carbonyl (C=O) groups excluding carboxylic acids is 2. The molecule has 23 heavy (non-hydrogen) atoms. The van der Waals surface area contributed by atoms with Gasteiger partial charge in [-0.1, -0.05) is 23.7 Å². The van der Waals surface area contributed by atoms with Crippen molar-refractivity contribution in [1.29, 1.82) is 0 Å². The number of aromatic nitrogens is 1. The van der Waals surface area contributed by atoms with Crippen LogP contribution in [0.4, 0.5) is 5.69 Å². The third kappa shape index (κ3) is 3.19. The second-order valence-electron chi connectivity index (χ2n) is 5.55. The molecule has 1 saturated heterocycles. The Balaban J connectivity index is 1.84. The molecule has 0 radical (unpaired) electrons. The third-order valence-corrected chi connectivity index (χ3v) is 4.28. The molecule has 1 aliphatic heterocycles. The number of likely N-dealkylation sites (tertiary alicyclic amines) is 1. The minimum Gasteiger partial charge on any atom is -0.338 e. The monoisotopic (exact) mass is 329 g/mol. The Bertz CT molecular complexity index is 736. The van der Waals surface area contributed by atoms with E-state index in [1.54, 1.807) is 54.7 Å². The van der Waals surface area contributed by atoms with Gasteiger partial charge in [-0.2, -0.15) is 0 Å². The molecule has 5 nitrogen and oxygen atoms in total. The van der Waals surface area contributed by atoms with Crippen LogP contribution in [0.2, 0.25) is 5.02 Å². The molecule has 2 amide bonds. The van der Waals surface area contributed by atoms with Crippen LogP contribution < -0.4 is 5.32 Å². The number of pyridine rings is 1. The van der Waals surface area contributed by atoms with Gasteiger partial charge in [-0.3, -0.25) is 14.6 Å². The number of hydrogen-bond acceptors (Lipinski definition) is 3. The summed E-state index contributed by atoms with van der Waals surface area (Å²) < 4.78 is 0. The predicted molar refractivity (Wildman–Crippen MR) is 87.9 cm³/mol. The Morgan fingerprint density at radius 3 is 2.87 bits per heavy atom. The maximum Gasteiger partial charge on any atom is 0.230 e. The normalized spacial score (nSPS) is 20.6. The largest absolute Gasteiger partial charge is 0.338 e. The lowest BCUT2D eigenvalue weighted by molar-refractivity contribution is -0.127. The number of rotatable bonds is 3. The SMILES string of the molecule is CN1C(=O)C[C@@H](C(=O)Nc2cccc(Cl)c2)[C@H]1c1cccnc1. The van der Waals surface area contributed by atoms with E-state index < -0.39 is 5.92 Å². The highest BCUT2D eigenvalue weighted by Gasteiger charge is 2.42. The summed E-state index contributed by atoms with van der Waals surface area (Å²) in [6, 6.07) is 10.3. The van der Waals surface area contributed by atoms with Crippen LogP contribution in [0.25, 0.3) is 0 Å². The van der Waals surface area contributed by atoms with Crippen molar-refractivity contribution in [2.45, 2.75) is 12.5 Å². The molecule has 2 aromatic rings. The Morgan fingerprint density at radius 1 is 1.35 bits per heavy atom. The molecule has 1 aromatic heterocycles. The van der Waals surface area contributed by atoms with E-state index in [0.29, 0.717) is 10.7 Å². The molecule has 2 heterocycles. The van der Waals surface area contributed by atoms with Crippen LogP contribution in [0.1, 0.15) is 18.0 Å². The number of nitrogens with one attached hydrogen (secondary N) is 1. The van der Waals surface area contributed by atoms with Crippen LogP contribution in [-0.4, -0.2) is 28.7 Å². The molecule has 118 valence electrons. The van der Waals surface area contributed by atoms with Crippen molar-refractivity contribution in [3.8, 4) is 0 Å². The maximum atomic E-state index is 12.6. The Morgan fingerprint density at radius 2 is 2.17 bits per heavy atom. The van der Waals surface area contributed by atoms with Gasteiger partial charge >= 0.3 is 0 Å². The molecule has 0 bridgehead atoms. The smallest absolute Gasteiger partial charge is 0.230 e. The number of benzene rings is 1. The number of anilines is 1. The fraction of sp³-hybridized carbons (Fsp3) is 0.235. The zero-order valence-corrected chi connectivity index (χ0v) is 13.3. The van der Waals surface area contributed by atoms with Gasteiger partial charge in [-0.05, 0) is 29.8 Å². The molecule has 1 aromatic carbocycles. The van der Waals surface area contributed by atoms with E-state index in [2.05, 4.69) is 10.3 Å². The van der Waals surface area contributed by atoms with Gasteiger partial charge in [-0.25, -0.2) is 0 Å². The van der Waals surface area contributed by atoms with Gasteiger partial charge < -0.3 is 10.2 Å². The maximum absolute atomic E-state index is 12.6. The van der Waals surface area contributed by atoms with Crippen molar-refractivity contribution in [2.75, 3.05) is 12.4 Å². The van der Waals surface area contributed by atoms with E-state index in [1.807, 2.05) is 6.07 Å². The number of carbonyl (C=O) groups is 2. The molecular weight excluding hydrogens is 314 g/mol. The highest BCUT2D eigenvalue weighted by molar-refractivity contribution is 6.30. The lowest BCUT2D eigenvalue weighted by Crippen LogP contribution is -2.30. The van der Waals surface area contributed by atoms with Crippen molar-refractivity contribution in [1.82, 2.24) is 9.88 Å². The zero-order valence-electron chi connectivity index (χ0n) is 12.6. The standard InChI is InChI=1S/C17H16ClN3O2/c1-21-15(22)9-14(16(21)11-4-3-7-19-10-11)17(23)20-13-6-2-5-12(18)8-13/h2-8,10,14,16H,9H2,1H3,(H,20,23)/t14-,16-/m1/s1. The Labute approximate surface area is 139 Å². The summed E-state index contributed by atoms with van der Waals surface area (Å²) in [6.07, 6.45) is 3.54. The summed E-state index contributed by atoms with van der Waals surface area (Å²) in [4.78, 5) is 30.4. The van der Waals surface area contributed by atoms with E-state index in [4.69, 9.17) is 11.6 Å². The fourth-order valence-corrected chi connectivity index (χ4v) is 3.10. The van der Waals surface area contributed by atoms with E-state index in [-0.39, 0.29) is 24.3 Å². The van der Waals surface area contributed by atoms with Crippen molar-refractivity contribution in [3.05, 3.63) is 59.4 Å². The fourth-order valence-electron chi connectivity index (χ4n) is 2.91. The minimum atomic E-state index is -0.462. The molecule has 1 fully saturated rings. The van der Waals surface area contributed by atoms with Crippen molar-refractivity contribution in [2.24, 2.45) is 5.92 Å². The summed E-state index contributed by atoms with van der Waals surface area (Å²) in [5.74, 6) is -0.709. The minimum absolute atomic E-state index is 0.0508. The van der Waals surface area contributed by atoms with Gasteiger partial charge in [0.05, 0.1) is 12.0 Å². The summed E-state index contributed by atoms with van der Waals surface area (Å²) in [5.41, 5.74) is 1.47. The van der Waals surface area contributed by atoms with Crippen LogP contribution in [0.15, 0.2) is 48.8 Å². The molecule has 2 atom stereocenters. The van der Waals surface area contributed by atoms with Crippen LogP contribution in [0.5, 0.6) is 0 Å². The second-order valence-corrected chi connectivity index (χ2v) is 5.98. The molecule has 0 unspecified atom stereocenters. The average molecular weight is 330 g/mol. The second kappa shape index (κ2) is 6.38. The molecule has 1 N–H and O–H groups in total. The van der Waals surface area contributed by atoms with Crippen LogP contribution in [0, 0.1) is 5.92 Å². The molecule has 0 aliphatic carbocycles. The first-order valence-electron chi connectivity index (χ1n) is 7.28. The average Bonchev–Trinajstić information content (AvgIpc) is 2.84. The first-order chi connectivity index (χ1) is 11.1. The van der Waals surface area contributed by atoms with E-state index >= 15 is 0 Å². The molecular formula is C17H16ClN3O2. The molecule has 0 spiro atoms. The van der Waals surface area contributed by atoms with Gasteiger partial charge in [0.25, 0.3) is 0 Å². The van der Waals surface area contributed by atoms with Crippen molar-refractivity contribution < 1.29 is 9.59 Å².